The summed E-state index contributed by atoms with van der Waals surface area (Å²) >= 11 is 0. The Bertz CT molecular complexity index is 449. The fraction of sp³-hybridized carbons (Fsp3) is 0.750. The number of hydrogen-bond donors (Lipinski definition) is 0. The van der Waals surface area contributed by atoms with E-state index in [-0.39, 0.29) is 0 Å². The molecular formula is C16H25N3O2. The molecule has 0 aliphatic carbocycles. The van der Waals surface area contributed by atoms with Crippen molar-refractivity contribution in [3.05, 3.63) is 23.8 Å². The molecule has 0 N–H and O–H groups in total. The van der Waals surface area contributed by atoms with E-state index in [0.717, 1.165) is 70.2 Å². The quantitative estimate of drug-likeness (QED) is 0.843. The number of rotatable bonds is 3. The van der Waals surface area contributed by atoms with Crippen molar-refractivity contribution >= 4 is 0 Å². The summed E-state index contributed by atoms with van der Waals surface area (Å²) in [7, 11) is 0. The minimum atomic E-state index is 0.518. The van der Waals surface area contributed by atoms with Gasteiger partial charge in [0.05, 0.1) is 13.2 Å². The summed E-state index contributed by atoms with van der Waals surface area (Å²) in [5.41, 5.74) is 2.17. The lowest BCUT2D eigenvalue weighted by Gasteiger charge is -2.34. The SMILES string of the molecule is Cc1cc(C[C@@H]2COCCN(C3CCOCC3)C2)ncn1. The normalized spacial score (nSPS) is 25.7. The standard InChI is InChI=1S/C16H25N3O2/c1-13-8-15(18-12-17-13)9-14-10-19(4-7-21-11-14)16-2-5-20-6-3-16/h8,12,14,16H,2-7,9-11H2,1H3/t14-/m0/s1. The van der Waals surface area contributed by atoms with Crippen LogP contribution < -0.4 is 0 Å². The minimum absolute atomic E-state index is 0.518. The Morgan fingerprint density at radius 3 is 2.86 bits per heavy atom. The third-order valence-electron chi connectivity index (χ3n) is 4.43. The number of ether oxygens (including phenoxy) is 2. The highest BCUT2D eigenvalue weighted by molar-refractivity contribution is 5.07. The lowest BCUT2D eigenvalue weighted by Crippen LogP contribution is -2.42. The van der Waals surface area contributed by atoms with Gasteiger partial charge in [-0.05, 0) is 32.3 Å². The summed E-state index contributed by atoms with van der Waals surface area (Å²) in [6.45, 7) is 7.65. The molecule has 5 heteroatoms. The van der Waals surface area contributed by atoms with E-state index in [2.05, 4.69) is 20.9 Å². The molecule has 0 aromatic carbocycles. The Kier molecular flexibility index (Phi) is 5.17. The monoisotopic (exact) mass is 291 g/mol. The van der Waals surface area contributed by atoms with E-state index in [9.17, 15) is 0 Å². The number of aromatic nitrogens is 2. The maximum atomic E-state index is 5.81. The van der Waals surface area contributed by atoms with Crippen molar-refractivity contribution in [3.8, 4) is 0 Å². The predicted molar refractivity (Wildman–Crippen MR) is 80.2 cm³/mol. The number of hydrogen-bond acceptors (Lipinski definition) is 5. The topological polar surface area (TPSA) is 47.5 Å². The zero-order valence-corrected chi connectivity index (χ0v) is 12.8. The largest absolute Gasteiger partial charge is 0.381 e. The van der Waals surface area contributed by atoms with Crippen molar-refractivity contribution in [2.45, 2.75) is 32.2 Å². The molecule has 0 spiro atoms. The summed E-state index contributed by atoms with van der Waals surface area (Å²) in [4.78, 5) is 11.2. The molecule has 3 rings (SSSR count). The second kappa shape index (κ2) is 7.29. The molecule has 0 bridgehead atoms. The van der Waals surface area contributed by atoms with Gasteiger partial charge in [0.25, 0.3) is 0 Å². The molecule has 21 heavy (non-hydrogen) atoms. The Morgan fingerprint density at radius 1 is 1.19 bits per heavy atom. The van der Waals surface area contributed by atoms with Crippen LogP contribution in [0.25, 0.3) is 0 Å². The van der Waals surface area contributed by atoms with Gasteiger partial charge >= 0.3 is 0 Å². The fourth-order valence-electron chi connectivity index (χ4n) is 3.33. The van der Waals surface area contributed by atoms with Gasteiger partial charge in [-0.15, -0.1) is 0 Å². The highest BCUT2D eigenvalue weighted by atomic mass is 16.5. The van der Waals surface area contributed by atoms with Gasteiger partial charge in [-0.25, -0.2) is 9.97 Å². The lowest BCUT2D eigenvalue weighted by atomic mass is 10.0. The molecule has 2 saturated heterocycles. The first-order valence-electron chi connectivity index (χ1n) is 7.98. The van der Waals surface area contributed by atoms with Crippen molar-refractivity contribution in [3.63, 3.8) is 0 Å². The molecule has 0 saturated carbocycles. The van der Waals surface area contributed by atoms with Gasteiger partial charge in [0.15, 0.2) is 0 Å². The van der Waals surface area contributed by atoms with E-state index in [1.54, 1.807) is 6.33 Å². The molecule has 116 valence electrons. The van der Waals surface area contributed by atoms with Crippen LogP contribution in [0.1, 0.15) is 24.2 Å². The molecule has 0 unspecified atom stereocenters. The lowest BCUT2D eigenvalue weighted by molar-refractivity contribution is 0.0308. The minimum Gasteiger partial charge on any atom is -0.381 e. The molecule has 1 aromatic rings. The Labute approximate surface area is 126 Å². The van der Waals surface area contributed by atoms with E-state index in [1.165, 1.54) is 0 Å². The molecule has 0 amide bonds. The number of aryl methyl sites for hydroxylation is 1. The van der Waals surface area contributed by atoms with Gasteiger partial charge in [-0.2, -0.15) is 0 Å². The van der Waals surface area contributed by atoms with E-state index in [4.69, 9.17) is 9.47 Å². The predicted octanol–water partition coefficient (Wildman–Crippen LogP) is 1.45. The van der Waals surface area contributed by atoms with Gasteiger partial charge in [0.1, 0.15) is 6.33 Å². The zero-order chi connectivity index (χ0) is 14.5. The van der Waals surface area contributed by atoms with Crippen LogP contribution in [0.4, 0.5) is 0 Å². The first-order chi connectivity index (χ1) is 10.3. The smallest absolute Gasteiger partial charge is 0.115 e. The van der Waals surface area contributed by atoms with E-state index >= 15 is 0 Å². The second-order valence-electron chi connectivity index (χ2n) is 6.13. The summed E-state index contributed by atoms with van der Waals surface area (Å²) in [6, 6.07) is 2.75. The average Bonchev–Trinajstić information content (AvgIpc) is 2.74. The van der Waals surface area contributed by atoms with E-state index < -0.39 is 0 Å². The van der Waals surface area contributed by atoms with Crippen molar-refractivity contribution in [1.82, 2.24) is 14.9 Å². The van der Waals surface area contributed by atoms with E-state index in [0.29, 0.717) is 12.0 Å². The molecule has 0 radical (unpaired) electrons. The Balaban J connectivity index is 1.61. The molecule has 3 heterocycles. The van der Waals surface area contributed by atoms with Crippen LogP contribution in [0.5, 0.6) is 0 Å². The highest BCUT2D eigenvalue weighted by Gasteiger charge is 2.26. The van der Waals surface area contributed by atoms with Crippen LogP contribution >= 0.6 is 0 Å². The maximum Gasteiger partial charge on any atom is 0.115 e. The van der Waals surface area contributed by atoms with Crippen LogP contribution in [0.3, 0.4) is 0 Å². The molecule has 2 aliphatic heterocycles. The third-order valence-corrected chi connectivity index (χ3v) is 4.43. The van der Waals surface area contributed by atoms with Crippen molar-refractivity contribution in [2.75, 3.05) is 39.5 Å². The van der Waals surface area contributed by atoms with Crippen molar-refractivity contribution in [2.24, 2.45) is 5.92 Å². The zero-order valence-electron chi connectivity index (χ0n) is 12.8. The second-order valence-corrected chi connectivity index (χ2v) is 6.13. The van der Waals surface area contributed by atoms with Gasteiger partial charge in [-0.3, -0.25) is 4.90 Å². The van der Waals surface area contributed by atoms with Gasteiger partial charge in [0.2, 0.25) is 0 Å². The fourth-order valence-corrected chi connectivity index (χ4v) is 3.33. The van der Waals surface area contributed by atoms with E-state index in [1.807, 2.05) is 6.92 Å². The summed E-state index contributed by atoms with van der Waals surface area (Å²) < 4.78 is 11.3. The summed E-state index contributed by atoms with van der Waals surface area (Å²) in [6.07, 6.45) is 4.94. The van der Waals surface area contributed by atoms with Crippen LogP contribution in [-0.2, 0) is 15.9 Å². The molecular weight excluding hydrogens is 266 g/mol. The highest BCUT2D eigenvalue weighted by Crippen LogP contribution is 2.20. The molecule has 1 atom stereocenters. The first-order valence-corrected chi connectivity index (χ1v) is 7.98. The molecule has 1 aromatic heterocycles. The molecule has 2 fully saturated rings. The van der Waals surface area contributed by atoms with Crippen LogP contribution in [0.15, 0.2) is 12.4 Å². The Morgan fingerprint density at radius 2 is 2.05 bits per heavy atom. The molecule has 5 nitrogen and oxygen atoms in total. The van der Waals surface area contributed by atoms with Gasteiger partial charge in [0, 0.05) is 49.7 Å². The summed E-state index contributed by atoms with van der Waals surface area (Å²) in [5, 5.41) is 0. The molecule has 2 aliphatic rings. The first kappa shape index (κ1) is 14.9. The van der Waals surface area contributed by atoms with Gasteiger partial charge < -0.3 is 9.47 Å². The Hall–Kier alpha value is -1.04. The van der Waals surface area contributed by atoms with Crippen LogP contribution in [-0.4, -0.2) is 60.4 Å². The van der Waals surface area contributed by atoms with Crippen LogP contribution in [0.2, 0.25) is 0 Å². The summed E-state index contributed by atoms with van der Waals surface area (Å²) in [5.74, 6) is 0.518. The average molecular weight is 291 g/mol. The van der Waals surface area contributed by atoms with Crippen LogP contribution in [0, 0.1) is 12.8 Å². The van der Waals surface area contributed by atoms with Crippen molar-refractivity contribution < 1.29 is 9.47 Å². The third kappa shape index (κ3) is 4.22. The maximum absolute atomic E-state index is 5.81. The van der Waals surface area contributed by atoms with Gasteiger partial charge in [-0.1, -0.05) is 0 Å². The van der Waals surface area contributed by atoms with Crippen molar-refractivity contribution in [1.29, 1.82) is 0 Å². The number of nitrogens with zero attached hydrogens (tertiary/aromatic N) is 3.